The van der Waals surface area contributed by atoms with E-state index in [1.807, 2.05) is 60.7 Å². The number of hydrogen-bond acceptors (Lipinski definition) is 4. The fourth-order valence-corrected chi connectivity index (χ4v) is 8.44. The van der Waals surface area contributed by atoms with E-state index in [9.17, 15) is 9.59 Å². The predicted octanol–water partition coefficient (Wildman–Crippen LogP) is 7.40. The van der Waals surface area contributed by atoms with Crippen molar-refractivity contribution >= 4 is 11.9 Å². The largest absolute Gasteiger partial charge is 0.458 e. The molecule has 2 aromatic rings. The summed E-state index contributed by atoms with van der Waals surface area (Å²) in [6.45, 7) is 4.85. The summed E-state index contributed by atoms with van der Waals surface area (Å²) in [6, 6.07) is 18.7. The van der Waals surface area contributed by atoms with E-state index in [4.69, 9.17) is 9.47 Å². The van der Waals surface area contributed by atoms with Crippen LogP contribution in [-0.2, 0) is 9.47 Å². The van der Waals surface area contributed by atoms with Crippen molar-refractivity contribution in [3.63, 3.8) is 0 Å². The van der Waals surface area contributed by atoms with Gasteiger partial charge in [0.2, 0.25) is 0 Å². The summed E-state index contributed by atoms with van der Waals surface area (Å²) in [6.07, 6.45) is 10.8. The Morgan fingerprint density at radius 1 is 0.757 bits per heavy atom. The van der Waals surface area contributed by atoms with Crippen LogP contribution in [0.25, 0.3) is 0 Å². The van der Waals surface area contributed by atoms with Gasteiger partial charge < -0.3 is 9.47 Å². The van der Waals surface area contributed by atoms with Crippen LogP contribution < -0.4 is 0 Å². The molecule has 2 aromatic carbocycles. The van der Waals surface area contributed by atoms with E-state index < -0.39 is 0 Å². The molecule has 3 fully saturated rings. The molecule has 4 heteroatoms. The van der Waals surface area contributed by atoms with Gasteiger partial charge in [-0.2, -0.15) is 0 Å². The molecule has 37 heavy (non-hydrogen) atoms. The van der Waals surface area contributed by atoms with Gasteiger partial charge in [0.25, 0.3) is 0 Å². The third-order valence-electron chi connectivity index (χ3n) is 10.5. The fraction of sp³-hybridized carbons (Fsp3) is 0.515. The highest BCUT2D eigenvalue weighted by Gasteiger charge is 2.59. The van der Waals surface area contributed by atoms with Crippen LogP contribution in [0, 0.1) is 28.6 Å². The van der Waals surface area contributed by atoms with E-state index in [2.05, 4.69) is 19.9 Å². The van der Waals surface area contributed by atoms with Gasteiger partial charge >= 0.3 is 11.9 Å². The van der Waals surface area contributed by atoms with Crippen molar-refractivity contribution in [1.82, 2.24) is 0 Å². The molecule has 0 radical (unpaired) electrons. The molecule has 0 heterocycles. The summed E-state index contributed by atoms with van der Waals surface area (Å²) in [5.74, 6) is 1.48. The number of benzene rings is 2. The van der Waals surface area contributed by atoms with Gasteiger partial charge in [-0.25, -0.2) is 9.59 Å². The maximum Gasteiger partial charge on any atom is 0.338 e. The lowest BCUT2D eigenvalue weighted by atomic mass is 9.48. The first-order chi connectivity index (χ1) is 17.9. The smallest absolute Gasteiger partial charge is 0.338 e. The van der Waals surface area contributed by atoms with E-state index in [1.165, 1.54) is 12.0 Å². The van der Waals surface area contributed by atoms with E-state index in [0.717, 1.165) is 44.9 Å². The quantitative estimate of drug-likeness (QED) is 0.325. The average Bonchev–Trinajstić information content (AvgIpc) is 3.25. The van der Waals surface area contributed by atoms with Crippen molar-refractivity contribution in [1.29, 1.82) is 0 Å². The van der Waals surface area contributed by atoms with E-state index in [0.29, 0.717) is 28.9 Å². The van der Waals surface area contributed by atoms with Crippen molar-refractivity contribution in [2.75, 3.05) is 0 Å². The minimum Gasteiger partial charge on any atom is -0.458 e. The normalized spacial score (nSPS) is 36.4. The molecule has 4 nitrogen and oxygen atoms in total. The molecular weight excluding hydrogens is 460 g/mol. The zero-order chi connectivity index (χ0) is 25.6. The van der Waals surface area contributed by atoms with Crippen molar-refractivity contribution in [3.8, 4) is 0 Å². The SMILES string of the molecule is C[C@]12CCC3C(CC=C4CC(OC(=O)c5ccccc5)CC[C@@]43C)C1CCC2OC(=O)c1ccccc1. The highest BCUT2D eigenvalue weighted by Crippen LogP contribution is 2.65. The minimum absolute atomic E-state index is 0.00234. The second-order valence-corrected chi connectivity index (χ2v) is 12.3. The first kappa shape index (κ1) is 24.5. The van der Waals surface area contributed by atoms with Gasteiger partial charge in [-0.15, -0.1) is 0 Å². The number of hydrogen-bond donors (Lipinski definition) is 0. The summed E-state index contributed by atoms with van der Waals surface area (Å²) in [5, 5.41) is 0. The van der Waals surface area contributed by atoms with Crippen molar-refractivity contribution in [2.45, 2.75) is 77.4 Å². The maximum absolute atomic E-state index is 12.9. The van der Waals surface area contributed by atoms with Crippen molar-refractivity contribution in [2.24, 2.45) is 28.6 Å². The van der Waals surface area contributed by atoms with Gasteiger partial charge in [0.05, 0.1) is 11.1 Å². The van der Waals surface area contributed by atoms with Gasteiger partial charge in [0.15, 0.2) is 0 Å². The van der Waals surface area contributed by atoms with Gasteiger partial charge in [-0.1, -0.05) is 61.9 Å². The molecular formula is C33H38O4. The predicted molar refractivity (Wildman–Crippen MR) is 143 cm³/mol. The Labute approximate surface area is 220 Å². The van der Waals surface area contributed by atoms with Crippen molar-refractivity contribution in [3.05, 3.63) is 83.4 Å². The van der Waals surface area contributed by atoms with Gasteiger partial charge in [-0.3, -0.25) is 0 Å². The van der Waals surface area contributed by atoms with Crippen LogP contribution in [0.5, 0.6) is 0 Å². The minimum atomic E-state index is -0.209. The summed E-state index contributed by atoms with van der Waals surface area (Å²) < 4.78 is 12.1. The third-order valence-corrected chi connectivity index (χ3v) is 10.5. The maximum atomic E-state index is 12.9. The lowest BCUT2D eigenvalue weighted by Gasteiger charge is -2.57. The van der Waals surface area contributed by atoms with Crippen LogP contribution in [0.1, 0.15) is 85.9 Å². The van der Waals surface area contributed by atoms with Crippen LogP contribution in [-0.4, -0.2) is 24.1 Å². The second kappa shape index (κ2) is 9.45. The molecule has 4 aliphatic carbocycles. The molecule has 6 rings (SSSR count). The highest BCUT2D eigenvalue weighted by atomic mass is 16.5. The molecule has 4 aliphatic rings. The molecule has 0 bridgehead atoms. The lowest BCUT2D eigenvalue weighted by molar-refractivity contribution is -0.0787. The molecule has 3 saturated carbocycles. The first-order valence-corrected chi connectivity index (χ1v) is 14.1. The molecule has 194 valence electrons. The molecule has 0 aromatic heterocycles. The van der Waals surface area contributed by atoms with Crippen LogP contribution in [0.2, 0.25) is 0 Å². The van der Waals surface area contributed by atoms with Gasteiger partial charge in [0, 0.05) is 11.8 Å². The van der Waals surface area contributed by atoms with Crippen LogP contribution in [0.4, 0.5) is 0 Å². The van der Waals surface area contributed by atoms with E-state index in [-0.39, 0.29) is 35.0 Å². The fourth-order valence-electron chi connectivity index (χ4n) is 8.44. The summed E-state index contributed by atoms with van der Waals surface area (Å²) in [7, 11) is 0. The van der Waals surface area contributed by atoms with Gasteiger partial charge in [0.1, 0.15) is 12.2 Å². The van der Waals surface area contributed by atoms with Crippen LogP contribution >= 0.6 is 0 Å². The monoisotopic (exact) mass is 498 g/mol. The lowest BCUT2D eigenvalue weighted by Crippen LogP contribution is -2.51. The number of carbonyl (C=O) groups excluding carboxylic acids is 2. The van der Waals surface area contributed by atoms with E-state index >= 15 is 0 Å². The Balaban J connectivity index is 1.15. The standard InChI is InChI=1S/C33H38O4/c1-32-19-17-25(36-30(34)22-9-5-3-6-10-22)21-24(32)13-14-26-27-15-16-29(33(27,2)20-18-28(26)32)37-31(35)23-11-7-4-8-12-23/h3-13,25-29H,14-21H2,1-2H3/t25?,26?,27?,28?,29?,32-,33-/m0/s1. The second-order valence-electron chi connectivity index (χ2n) is 12.3. The average molecular weight is 499 g/mol. The zero-order valence-corrected chi connectivity index (χ0v) is 22.0. The number of carbonyl (C=O) groups is 2. The highest BCUT2D eigenvalue weighted by molar-refractivity contribution is 5.90. The molecule has 0 N–H and O–H groups in total. The molecule has 0 saturated heterocycles. The Hall–Kier alpha value is -2.88. The zero-order valence-electron chi connectivity index (χ0n) is 22.0. The molecule has 5 unspecified atom stereocenters. The third kappa shape index (κ3) is 4.23. The molecule has 7 atom stereocenters. The molecule has 0 aliphatic heterocycles. The first-order valence-electron chi connectivity index (χ1n) is 14.1. The number of allylic oxidation sites excluding steroid dienone is 1. The summed E-state index contributed by atoms with van der Waals surface area (Å²) in [5.41, 5.74) is 3.00. The molecule has 0 amide bonds. The summed E-state index contributed by atoms with van der Waals surface area (Å²) in [4.78, 5) is 25.5. The van der Waals surface area contributed by atoms with Gasteiger partial charge in [-0.05, 0) is 92.4 Å². The number of fused-ring (bicyclic) bond motifs is 5. The van der Waals surface area contributed by atoms with Crippen LogP contribution in [0.3, 0.4) is 0 Å². The van der Waals surface area contributed by atoms with Crippen LogP contribution in [0.15, 0.2) is 72.3 Å². The van der Waals surface area contributed by atoms with E-state index in [1.54, 1.807) is 0 Å². The van der Waals surface area contributed by atoms with Crippen molar-refractivity contribution < 1.29 is 19.1 Å². The topological polar surface area (TPSA) is 52.6 Å². The summed E-state index contributed by atoms with van der Waals surface area (Å²) >= 11 is 0. The Morgan fingerprint density at radius 2 is 1.41 bits per heavy atom. The Morgan fingerprint density at radius 3 is 2.08 bits per heavy atom. The molecule has 0 spiro atoms. The number of esters is 2. The Bertz CT molecular complexity index is 1190. The Kier molecular flexibility index (Phi) is 6.25. The number of ether oxygens (including phenoxy) is 2. The number of rotatable bonds is 4.